The Hall–Kier alpha value is -1.85. The van der Waals surface area contributed by atoms with E-state index in [0.717, 1.165) is 25.7 Å². The lowest BCUT2D eigenvalue weighted by molar-refractivity contribution is -0.138. The molecule has 1 fully saturated rings. The Balaban J connectivity index is 2.12. The summed E-state index contributed by atoms with van der Waals surface area (Å²) >= 11 is 0. The van der Waals surface area contributed by atoms with Gasteiger partial charge in [-0.15, -0.1) is 0 Å². The number of rotatable bonds is 4. The minimum Gasteiger partial charge on any atom is -0.481 e. The number of nitrogens with one attached hydrogen (secondary N) is 1. The van der Waals surface area contributed by atoms with E-state index in [-0.39, 0.29) is 17.9 Å². The van der Waals surface area contributed by atoms with E-state index in [9.17, 15) is 9.59 Å². The number of carbonyl (C=O) groups excluding carboxylic acids is 1. The van der Waals surface area contributed by atoms with E-state index in [1.165, 1.54) is 6.20 Å². The molecule has 1 aliphatic rings. The highest BCUT2D eigenvalue weighted by atomic mass is 16.4. The van der Waals surface area contributed by atoms with Crippen molar-refractivity contribution in [2.75, 3.05) is 0 Å². The third kappa shape index (κ3) is 3.62. The Morgan fingerprint density at radius 3 is 2.48 bits per heavy atom. The third-order valence-electron chi connectivity index (χ3n) is 3.96. The molecule has 0 bridgehead atoms. The molecule has 21 heavy (non-hydrogen) atoms. The fourth-order valence-corrected chi connectivity index (χ4v) is 2.81. The summed E-state index contributed by atoms with van der Waals surface area (Å²) in [5.74, 6) is -1.11. The minimum atomic E-state index is -0.873. The number of nitrogens with zero attached hydrogens (tertiary/aromatic N) is 2. The molecule has 0 atom stereocenters. The van der Waals surface area contributed by atoms with Gasteiger partial charge in [-0.1, -0.05) is 12.8 Å². The fraction of sp³-hybridized carbons (Fsp3) is 0.667. The largest absolute Gasteiger partial charge is 0.481 e. The van der Waals surface area contributed by atoms with Crippen LogP contribution in [-0.4, -0.2) is 32.3 Å². The van der Waals surface area contributed by atoms with Gasteiger partial charge < -0.3 is 10.4 Å². The zero-order valence-electron chi connectivity index (χ0n) is 12.8. The summed E-state index contributed by atoms with van der Waals surface area (Å²) in [6.07, 6.45) is 6.56. The highest BCUT2D eigenvalue weighted by Crippen LogP contribution is 2.33. The maximum Gasteiger partial charge on any atom is 0.305 e. The Labute approximate surface area is 124 Å². The normalized spacial score (nSPS) is 17.7. The molecule has 0 aromatic carbocycles. The topological polar surface area (TPSA) is 84.2 Å². The van der Waals surface area contributed by atoms with E-state index in [1.807, 2.05) is 20.8 Å². The summed E-state index contributed by atoms with van der Waals surface area (Å²) in [5.41, 5.74) is -0.321. The van der Waals surface area contributed by atoms with Crippen molar-refractivity contribution in [3.05, 3.63) is 18.0 Å². The number of hydrogen-bond acceptors (Lipinski definition) is 3. The molecule has 0 spiro atoms. The SMILES string of the molecule is CC(C)(C)n1cc(C(=O)NC2(CC(=O)O)CCCC2)cn1. The van der Waals surface area contributed by atoms with Crippen LogP contribution in [0.3, 0.4) is 0 Å². The Kier molecular flexibility index (Phi) is 4.07. The molecule has 1 saturated carbocycles. The maximum absolute atomic E-state index is 12.4. The molecule has 1 aromatic rings. The lowest BCUT2D eigenvalue weighted by Crippen LogP contribution is -2.47. The highest BCUT2D eigenvalue weighted by molar-refractivity contribution is 5.94. The van der Waals surface area contributed by atoms with Gasteiger partial charge in [-0.05, 0) is 33.6 Å². The van der Waals surface area contributed by atoms with Crippen LogP contribution in [0.15, 0.2) is 12.4 Å². The van der Waals surface area contributed by atoms with Gasteiger partial charge in [0.2, 0.25) is 0 Å². The van der Waals surface area contributed by atoms with Crippen LogP contribution in [0.2, 0.25) is 0 Å². The second-order valence-electron chi connectivity index (χ2n) is 6.86. The van der Waals surface area contributed by atoms with Crippen molar-refractivity contribution in [2.45, 2.75) is 64.0 Å². The van der Waals surface area contributed by atoms with E-state index >= 15 is 0 Å². The van der Waals surface area contributed by atoms with Crippen molar-refractivity contribution in [2.24, 2.45) is 0 Å². The van der Waals surface area contributed by atoms with Gasteiger partial charge in [-0.25, -0.2) is 0 Å². The van der Waals surface area contributed by atoms with Crippen LogP contribution in [0, 0.1) is 0 Å². The Morgan fingerprint density at radius 1 is 1.38 bits per heavy atom. The summed E-state index contributed by atoms with van der Waals surface area (Å²) in [7, 11) is 0. The van der Waals surface area contributed by atoms with Gasteiger partial charge in [0.05, 0.1) is 29.3 Å². The maximum atomic E-state index is 12.4. The molecule has 2 N–H and O–H groups in total. The van der Waals surface area contributed by atoms with Gasteiger partial charge in [0, 0.05) is 6.20 Å². The fourth-order valence-electron chi connectivity index (χ4n) is 2.81. The number of amides is 1. The lowest BCUT2D eigenvalue weighted by atomic mass is 9.93. The molecule has 116 valence electrons. The van der Waals surface area contributed by atoms with Crippen molar-refractivity contribution >= 4 is 11.9 Å². The van der Waals surface area contributed by atoms with Crippen molar-refractivity contribution in [3.8, 4) is 0 Å². The van der Waals surface area contributed by atoms with Crippen LogP contribution in [0.4, 0.5) is 0 Å². The molecule has 2 rings (SSSR count). The second-order valence-corrected chi connectivity index (χ2v) is 6.86. The molecule has 0 radical (unpaired) electrons. The van der Waals surface area contributed by atoms with E-state index in [4.69, 9.17) is 5.11 Å². The molecule has 6 nitrogen and oxygen atoms in total. The van der Waals surface area contributed by atoms with Gasteiger partial charge in [0.15, 0.2) is 0 Å². The number of carboxylic acid groups (broad SMARTS) is 1. The van der Waals surface area contributed by atoms with Gasteiger partial charge in [-0.2, -0.15) is 5.10 Å². The molecule has 1 aromatic heterocycles. The van der Waals surface area contributed by atoms with Crippen LogP contribution >= 0.6 is 0 Å². The quantitative estimate of drug-likeness (QED) is 0.891. The standard InChI is InChI=1S/C15H23N3O3/c1-14(2,3)18-10-11(9-16-18)13(21)17-15(8-12(19)20)6-4-5-7-15/h9-10H,4-8H2,1-3H3,(H,17,21)(H,19,20). The molecule has 1 amide bonds. The van der Waals surface area contributed by atoms with Crippen LogP contribution in [-0.2, 0) is 10.3 Å². The second kappa shape index (κ2) is 5.50. The van der Waals surface area contributed by atoms with Gasteiger partial charge in [0.25, 0.3) is 5.91 Å². The molecular formula is C15H23N3O3. The van der Waals surface area contributed by atoms with Crippen LogP contribution in [0.5, 0.6) is 0 Å². The first-order chi connectivity index (χ1) is 9.72. The molecular weight excluding hydrogens is 270 g/mol. The first-order valence-corrected chi connectivity index (χ1v) is 7.31. The molecule has 0 unspecified atom stereocenters. The lowest BCUT2D eigenvalue weighted by Gasteiger charge is -2.28. The van der Waals surface area contributed by atoms with Crippen molar-refractivity contribution in [1.82, 2.24) is 15.1 Å². The summed E-state index contributed by atoms with van der Waals surface area (Å²) in [5, 5.41) is 16.2. The number of carboxylic acids is 1. The first kappa shape index (κ1) is 15.5. The van der Waals surface area contributed by atoms with Crippen LogP contribution in [0.25, 0.3) is 0 Å². The van der Waals surface area contributed by atoms with Crippen molar-refractivity contribution in [1.29, 1.82) is 0 Å². The summed E-state index contributed by atoms with van der Waals surface area (Å²) in [6, 6.07) is 0. The summed E-state index contributed by atoms with van der Waals surface area (Å²) in [4.78, 5) is 23.4. The molecule has 6 heteroatoms. The van der Waals surface area contributed by atoms with Crippen molar-refractivity contribution < 1.29 is 14.7 Å². The Morgan fingerprint density at radius 2 is 2.00 bits per heavy atom. The predicted molar refractivity (Wildman–Crippen MR) is 78.1 cm³/mol. The number of hydrogen-bond donors (Lipinski definition) is 2. The monoisotopic (exact) mass is 293 g/mol. The summed E-state index contributed by atoms with van der Waals surface area (Å²) < 4.78 is 1.74. The average molecular weight is 293 g/mol. The van der Waals surface area contributed by atoms with Crippen LogP contribution < -0.4 is 5.32 Å². The first-order valence-electron chi connectivity index (χ1n) is 7.31. The Bertz CT molecular complexity index is 537. The van der Waals surface area contributed by atoms with E-state index < -0.39 is 11.5 Å². The number of carbonyl (C=O) groups is 2. The summed E-state index contributed by atoms with van der Waals surface area (Å²) in [6.45, 7) is 6.01. The van der Waals surface area contributed by atoms with E-state index in [0.29, 0.717) is 5.56 Å². The molecule has 1 heterocycles. The number of aliphatic carboxylic acids is 1. The zero-order chi connectivity index (χ0) is 15.7. The smallest absolute Gasteiger partial charge is 0.305 e. The van der Waals surface area contributed by atoms with E-state index in [2.05, 4.69) is 10.4 Å². The third-order valence-corrected chi connectivity index (χ3v) is 3.96. The van der Waals surface area contributed by atoms with Gasteiger partial charge in [0.1, 0.15) is 0 Å². The van der Waals surface area contributed by atoms with Crippen molar-refractivity contribution in [3.63, 3.8) is 0 Å². The zero-order valence-corrected chi connectivity index (χ0v) is 12.8. The average Bonchev–Trinajstić information content (AvgIpc) is 2.95. The predicted octanol–water partition coefficient (Wildman–Crippen LogP) is 2.16. The molecule has 0 aliphatic heterocycles. The number of aromatic nitrogens is 2. The van der Waals surface area contributed by atoms with Gasteiger partial charge >= 0.3 is 5.97 Å². The van der Waals surface area contributed by atoms with E-state index in [1.54, 1.807) is 10.9 Å². The molecule has 1 aliphatic carbocycles. The van der Waals surface area contributed by atoms with Gasteiger partial charge in [-0.3, -0.25) is 14.3 Å². The highest BCUT2D eigenvalue weighted by Gasteiger charge is 2.37. The molecule has 0 saturated heterocycles. The minimum absolute atomic E-state index is 0.0217. The van der Waals surface area contributed by atoms with Crippen LogP contribution in [0.1, 0.15) is 63.2 Å².